The number of hydrogen-bond acceptors (Lipinski definition) is 7. The van der Waals surface area contributed by atoms with Crippen LogP contribution in [0.1, 0.15) is 31.3 Å². The second-order valence-corrected chi connectivity index (χ2v) is 4.59. The van der Waals surface area contributed by atoms with E-state index in [4.69, 9.17) is 13.6 Å². The molecule has 2 aromatic rings. The number of carbonyl (C=O) groups excluding carboxylic acids is 2. The van der Waals surface area contributed by atoms with E-state index in [1.807, 2.05) is 6.92 Å². The maximum absolute atomic E-state index is 11.7. The number of aromatic nitrogens is 2. The molecule has 0 aliphatic carbocycles. The van der Waals surface area contributed by atoms with E-state index in [-0.39, 0.29) is 31.4 Å². The molecule has 8 heteroatoms. The Morgan fingerprint density at radius 2 is 2.00 bits per heavy atom. The van der Waals surface area contributed by atoms with Gasteiger partial charge in [0.1, 0.15) is 11.5 Å². The fourth-order valence-electron chi connectivity index (χ4n) is 1.86. The number of aryl methyl sites for hydroxylation is 2. The smallest absolute Gasteiger partial charge is 0.322 e. The molecule has 0 atom stereocenters. The van der Waals surface area contributed by atoms with Crippen molar-refractivity contribution in [2.75, 3.05) is 11.9 Å². The Balaban J connectivity index is 1.93. The van der Waals surface area contributed by atoms with Crippen LogP contribution in [0, 0.1) is 13.8 Å². The van der Waals surface area contributed by atoms with Gasteiger partial charge >= 0.3 is 12.0 Å². The van der Waals surface area contributed by atoms with Crippen LogP contribution >= 0.6 is 0 Å². The fourth-order valence-corrected chi connectivity index (χ4v) is 1.86. The van der Waals surface area contributed by atoms with E-state index in [0.717, 1.165) is 5.76 Å². The van der Waals surface area contributed by atoms with Gasteiger partial charge in [0.25, 0.3) is 5.89 Å². The predicted molar refractivity (Wildman–Crippen MR) is 76.0 cm³/mol. The zero-order valence-electron chi connectivity index (χ0n) is 12.6. The van der Waals surface area contributed by atoms with Gasteiger partial charge < -0.3 is 13.6 Å². The van der Waals surface area contributed by atoms with Gasteiger partial charge in [-0.3, -0.25) is 14.9 Å². The van der Waals surface area contributed by atoms with Crippen LogP contribution in [0.2, 0.25) is 0 Å². The lowest BCUT2D eigenvalue weighted by Crippen LogP contribution is -2.14. The van der Waals surface area contributed by atoms with E-state index in [0.29, 0.717) is 11.3 Å². The predicted octanol–water partition coefficient (Wildman–Crippen LogP) is 2.23. The summed E-state index contributed by atoms with van der Waals surface area (Å²) in [6, 6.07) is 1.75. The molecule has 0 aromatic carbocycles. The Morgan fingerprint density at radius 3 is 2.64 bits per heavy atom. The first-order valence-corrected chi connectivity index (χ1v) is 6.86. The van der Waals surface area contributed by atoms with Crippen LogP contribution in [0.15, 0.2) is 14.9 Å². The maximum Gasteiger partial charge on any atom is 0.322 e. The molecule has 118 valence electrons. The van der Waals surface area contributed by atoms with Gasteiger partial charge in [-0.25, -0.2) is 0 Å². The molecule has 0 fully saturated rings. The van der Waals surface area contributed by atoms with E-state index in [1.54, 1.807) is 19.9 Å². The summed E-state index contributed by atoms with van der Waals surface area (Å²) in [6.45, 7) is 5.59. The third-order valence-corrected chi connectivity index (χ3v) is 2.80. The average Bonchev–Trinajstić information content (AvgIpc) is 3.03. The molecule has 0 aliphatic heterocycles. The zero-order chi connectivity index (χ0) is 16.1. The molecular formula is C14H17N3O5. The van der Waals surface area contributed by atoms with E-state index in [2.05, 4.69) is 15.5 Å². The summed E-state index contributed by atoms with van der Waals surface area (Å²) in [5.74, 6) is 0.818. The summed E-state index contributed by atoms with van der Waals surface area (Å²) in [6.07, 6.45) is -0.0128. The lowest BCUT2D eigenvalue weighted by atomic mass is 10.2. The molecule has 0 unspecified atom stereocenters. The molecule has 2 rings (SSSR count). The number of rotatable bonds is 6. The van der Waals surface area contributed by atoms with Gasteiger partial charge in [-0.1, -0.05) is 5.10 Å². The topological polar surface area (TPSA) is 107 Å². The highest BCUT2D eigenvalue weighted by atomic mass is 16.5. The van der Waals surface area contributed by atoms with Crippen LogP contribution in [0.4, 0.5) is 6.01 Å². The van der Waals surface area contributed by atoms with Gasteiger partial charge in [0.2, 0.25) is 5.91 Å². The molecule has 8 nitrogen and oxygen atoms in total. The molecule has 0 saturated carbocycles. The standard InChI is InChI=1S/C14H17N3O5/c1-4-20-12(19)6-5-11(18)15-14-17-16-13(22-14)10-7-8(2)21-9(10)3/h7H,4-6H2,1-3H3,(H,15,17,18). The number of amides is 1. The van der Waals surface area contributed by atoms with E-state index in [9.17, 15) is 9.59 Å². The van der Waals surface area contributed by atoms with Crippen LogP contribution < -0.4 is 5.32 Å². The minimum absolute atomic E-state index is 0.000695. The third kappa shape index (κ3) is 3.94. The van der Waals surface area contributed by atoms with Crippen molar-refractivity contribution >= 4 is 17.9 Å². The Hall–Kier alpha value is -2.64. The lowest BCUT2D eigenvalue weighted by Gasteiger charge is -2.01. The Kier molecular flexibility index (Phi) is 4.92. The molecule has 0 spiro atoms. The van der Waals surface area contributed by atoms with Gasteiger partial charge in [0.15, 0.2) is 0 Å². The van der Waals surface area contributed by atoms with Gasteiger partial charge in [-0.15, -0.1) is 5.10 Å². The first-order valence-electron chi connectivity index (χ1n) is 6.86. The van der Waals surface area contributed by atoms with Gasteiger partial charge in [-0.05, 0) is 26.8 Å². The molecule has 22 heavy (non-hydrogen) atoms. The normalized spacial score (nSPS) is 10.5. The van der Waals surface area contributed by atoms with E-state index in [1.165, 1.54) is 0 Å². The number of nitrogens with one attached hydrogen (secondary N) is 1. The summed E-state index contributed by atoms with van der Waals surface area (Å²) in [5, 5.41) is 10.0. The summed E-state index contributed by atoms with van der Waals surface area (Å²) in [5.41, 5.74) is 0.678. The highest BCUT2D eigenvalue weighted by Crippen LogP contribution is 2.26. The number of hydrogen-bond donors (Lipinski definition) is 1. The molecule has 2 aromatic heterocycles. The van der Waals surface area contributed by atoms with Crippen molar-refractivity contribution in [2.24, 2.45) is 0 Å². The van der Waals surface area contributed by atoms with Crippen molar-refractivity contribution in [3.8, 4) is 11.5 Å². The van der Waals surface area contributed by atoms with Crippen molar-refractivity contribution < 1.29 is 23.2 Å². The van der Waals surface area contributed by atoms with Gasteiger partial charge in [-0.2, -0.15) is 0 Å². The van der Waals surface area contributed by atoms with Crippen molar-refractivity contribution in [3.63, 3.8) is 0 Å². The first-order chi connectivity index (χ1) is 10.5. The van der Waals surface area contributed by atoms with Crippen LogP contribution in [0.3, 0.4) is 0 Å². The van der Waals surface area contributed by atoms with Gasteiger partial charge in [0, 0.05) is 6.42 Å². The van der Waals surface area contributed by atoms with Crippen molar-refractivity contribution in [1.82, 2.24) is 10.2 Å². The van der Waals surface area contributed by atoms with Crippen LogP contribution in [-0.4, -0.2) is 28.7 Å². The van der Waals surface area contributed by atoms with Crippen LogP contribution in [-0.2, 0) is 14.3 Å². The quantitative estimate of drug-likeness (QED) is 0.815. The van der Waals surface area contributed by atoms with E-state index < -0.39 is 11.9 Å². The molecular weight excluding hydrogens is 290 g/mol. The Labute approximate surface area is 126 Å². The average molecular weight is 307 g/mol. The monoisotopic (exact) mass is 307 g/mol. The summed E-state index contributed by atoms with van der Waals surface area (Å²) >= 11 is 0. The molecule has 0 radical (unpaired) electrons. The summed E-state index contributed by atoms with van der Waals surface area (Å²) < 4.78 is 15.5. The highest BCUT2D eigenvalue weighted by molar-refractivity contribution is 5.90. The third-order valence-electron chi connectivity index (χ3n) is 2.80. The number of ether oxygens (including phenoxy) is 1. The number of anilines is 1. The minimum Gasteiger partial charge on any atom is -0.466 e. The molecule has 0 saturated heterocycles. The fraction of sp³-hybridized carbons (Fsp3) is 0.429. The van der Waals surface area contributed by atoms with Crippen molar-refractivity contribution in [2.45, 2.75) is 33.6 Å². The second kappa shape index (κ2) is 6.88. The largest absolute Gasteiger partial charge is 0.466 e. The Bertz CT molecular complexity index is 674. The molecule has 1 amide bonds. The lowest BCUT2D eigenvalue weighted by molar-refractivity contribution is -0.144. The minimum atomic E-state index is -0.423. The number of esters is 1. The number of furan rings is 1. The van der Waals surface area contributed by atoms with Crippen LogP contribution in [0.5, 0.6) is 0 Å². The second-order valence-electron chi connectivity index (χ2n) is 4.59. The van der Waals surface area contributed by atoms with E-state index >= 15 is 0 Å². The molecule has 2 heterocycles. The Morgan fingerprint density at radius 1 is 1.23 bits per heavy atom. The highest BCUT2D eigenvalue weighted by Gasteiger charge is 2.16. The maximum atomic E-state index is 11.7. The first kappa shape index (κ1) is 15.7. The number of carbonyl (C=O) groups is 2. The summed E-state index contributed by atoms with van der Waals surface area (Å²) in [7, 11) is 0. The molecule has 1 N–H and O–H groups in total. The SMILES string of the molecule is CCOC(=O)CCC(=O)Nc1nnc(-c2cc(C)oc2C)o1. The number of nitrogens with zero attached hydrogens (tertiary/aromatic N) is 2. The van der Waals surface area contributed by atoms with Crippen molar-refractivity contribution in [1.29, 1.82) is 0 Å². The molecule has 0 bridgehead atoms. The van der Waals surface area contributed by atoms with Crippen LogP contribution in [0.25, 0.3) is 11.5 Å². The summed E-state index contributed by atoms with van der Waals surface area (Å²) in [4.78, 5) is 22.8. The van der Waals surface area contributed by atoms with Gasteiger partial charge in [0.05, 0.1) is 18.6 Å². The van der Waals surface area contributed by atoms with Crippen molar-refractivity contribution in [3.05, 3.63) is 17.6 Å². The molecule has 0 aliphatic rings. The zero-order valence-corrected chi connectivity index (χ0v) is 12.6.